The van der Waals surface area contributed by atoms with E-state index in [1.807, 2.05) is 0 Å². The molecule has 1 saturated carbocycles. The first-order chi connectivity index (χ1) is 14.5. The molecule has 2 N–H and O–H groups in total. The average Bonchev–Trinajstić information content (AvgIpc) is 3.49. The Balaban J connectivity index is 1.82. The first kappa shape index (κ1) is 25.4. The second-order valence-corrected chi connectivity index (χ2v) is 10.5. The quantitative estimate of drug-likeness (QED) is 0.319. The molecule has 31 heavy (non-hydrogen) atoms. The van der Waals surface area contributed by atoms with E-state index in [-0.39, 0.29) is 5.41 Å². The van der Waals surface area contributed by atoms with E-state index in [0.29, 0.717) is 0 Å². The van der Waals surface area contributed by atoms with E-state index in [0.717, 1.165) is 77.0 Å². The lowest BCUT2D eigenvalue weighted by atomic mass is 9.86. The maximum atomic E-state index is 11.3. The lowest BCUT2D eigenvalue weighted by molar-refractivity contribution is -0.147. The van der Waals surface area contributed by atoms with E-state index in [2.05, 4.69) is 26.8 Å². The number of unbranched alkanes of at least 4 members (excludes halogenated alkanes) is 4. The molecule has 0 atom stereocenters. The van der Waals surface area contributed by atoms with Crippen LogP contribution in [-0.2, 0) is 22.4 Å². The first-order valence-corrected chi connectivity index (χ1v) is 12.1. The molecule has 1 aliphatic rings. The molecule has 0 saturated heterocycles. The van der Waals surface area contributed by atoms with Crippen LogP contribution in [0, 0.1) is 31.6 Å². The molecule has 4 nitrogen and oxygen atoms in total. The number of aryl methyl sites for hydroxylation is 2. The van der Waals surface area contributed by atoms with Crippen LogP contribution in [-0.4, -0.2) is 22.2 Å². The summed E-state index contributed by atoms with van der Waals surface area (Å²) in [5.41, 5.74) is 6.03. The third kappa shape index (κ3) is 6.82. The molecule has 1 fully saturated rings. The summed E-state index contributed by atoms with van der Waals surface area (Å²) in [5, 5.41) is 18.5. The van der Waals surface area contributed by atoms with Crippen LogP contribution in [0.25, 0.3) is 0 Å². The SMILES string of the molecule is Cc1c(CCCCCC(C)(C)C(=O)O)cc(CCCCCC2(C(=O)O)CC2)c(C)c1C. The Hall–Kier alpha value is -1.84. The largest absolute Gasteiger partial charge is 0.481 e. The van der Waals surface area contributed by atoms with Gasteiger partial charge in [0.05, 0.1) is 10.8 Å². The molecule has 0 heterocycles. The van der Waals surface area contributed by atoms with Crippen LogP contribution in [0.15, 0.2) is 6.07 Å². The highest BCUT2D eigenvalue weighted by Crippen LogP contribution is 2.50. The van der Waals surface area contributed by atoms with E-state index >= 15 is 0 Å². The summed E-state index contributed by atoms with van der Waals surface area (Å²) in [6, 6.07) is 2.39. The summed E-state index contributed by atoms with van der Waals surface area (Å²) in [6.45, 7) is 10.3. The summed E-state index contributed by atoms with van der Waals surface area (Å²) < 4.78 is 0. The third-order valence-corrected chi connectivity index (χ3v) is 7.67. The van der Waals surface area contributed by atoms with Gasteiger partial charge in [-0.15, -0.1) is 0 Å². The minimum absolute atomic E-state index is 0.386. The van der Waals surface area contributed by atoms with Crippen molar-refractivity contribution in [3.8, 4) is 0 Å². The smallest absolute Gasteiger partial charge is 0.309 e. The van der Waals surface area contributed by atoms with Crippen LogP contribution in [0.2, 0.25) is 0 Å². The zero-order chi connectivity index (χ0) is 23.2. The van der Waals surface area contributed by atoms with Crippen molar-refractivity contribution in [3.05, 3.63) is 33.9 Å². The van der Waals surface area contributed by atoms with Crippen molar-refractivity contribution in [3.63, 3.8) is 0 Å². The summed E-state index contributed by atoms with van der Waals surface area (Å²) in [4.78, 5) is 22.5. The van der Waals surface area contributed by atoms with Crippen LogP contribution < -0.4 is 0 Å². The second-order valence-electron chi connectivity index (χ2n) is 10.5. The standard InChI is InChI=1S/C27H42O4/c1-19-20(2)22(12-8-6-10-14-26(4,5)24(28)29)18-23(21(19)3)13-9-7-11-15-27(16-17-27)25(30)31/h18H,6-17H2,1-5H3,(H,28,29)(H,30,31). The molecule has 0 unspecified atom stereocenters. The van der Waals surface area contributed by atoms with Crippen molar-refractivity contribution < 1.29 is 19.8 Å². The van der Waals surface area contributed by atoms with Crippen molar-refractivity contribution in [2.24, 2.45) is 10.8 Å². The molecule has 0 amide bonds. The summed E-state index contributed by atoms with van der Waals surface area (Å²) in [5.74, 6) is -1.31. The number of rotatable bonds is 14. The highest BCUT2D eigenvalue weighted by Gasteiger charge is 2.49. The molecule has 0 spiro atoms. The second kappa shape index (κ2) is 10.7. The Morgan fingerprint density at radius 2 is 1.35 bits per heavy atom. The number of hydrogen-bond donors (Lipinski definition) is 2. The Morgan fingerprint density at radius 1 is 0.839 bits per heavy atom. The van der Waals surface area contributed by atoms with Crippen LogP contribution in [0.4, 0.5) is 0 Å². The Bertz CT molecular complexity index is 737. The minimum atomic E-state index is -0.711. The predicted octanol–water partition coefficient (Wildman–Crippen LogP) is 6.79. The molecular formula is C27H42O4. The zero-order valence-corrected chi connectivity index (χ0v) is 20.3. The predicted molar refractivity (Wildman–Crippen MR) is 126 cm³/mol. The molecule has 1 aromatic rings. The summed E-state index contributed by atoms with van der Waals surface area (Å²) in [7, 11) is 0. The molecule has 2 rings (SSSR count). The molecule has 174 valence electrons. The fourth-order valence-corrected chi connectivity index (χ4v) is 4.55. The molecule has 4 heteroatoms. The van der Waals surface area contributed by atoms with Gasteiger partial charge in [-0.25, -0.2) is 0 Å². The highest BCUT2D eigenvalue weighted by atomic mass is 16.4. The number of carbonyl (C=O) groups is 2. The van der Waals surface area contributed by atoms with Gasteiger partial charge in [-0.1, -0.05) is 31.7 Å². The molecule has 1 aliphatic carbocycles. The van der Waals surface area contributed by atoms with Gasteiger partial charge in [-0.05, 0) is 114 Å². The monoisotopic (exact) mass is 430 g/mol. The molecule has 1 aromatic carbocycles. The lowest BCUT2D eigenvalue weighted by Gasteiger charge is -2.19. The fourth-order valence-electron chi connectivity index (χ4n) is 4.55. The first-order valence-electron chi connectivity index (χ1n) is 12.1. The average molecular weight is 431 g/mol. The van der Waals surface area contributed by atoms with Gasteiger partial charge in [0.1, 0.15) is 0 Å². The number of aliphatic carboxylic acids is 2. The van der Waals surface area contributed by atoms with Crippen molar-refractivity contribution in [2.45, 2.75) is 112 Å². The third-order valence-electron chi connectivity index (χ3n) is 7.67. The number of carboxylic acids is 2. The van der Waals surface area contributed by atoms with Crippen molar-refractivity contribution in [1.82, 2.24) is 0 Å². The van der Waals surface area contributed by atoms with Crippen molar-refractivity contribution in [2.75, 3.05) is 0 Å². The lowest BCUT2D eigenvalue weighted by Crippen LogP contribution is -2.23. The zero-order valence-electron chi connectivity index (χ0n) is 20.3. The van der Waals surface area contributed by atoms with Crippen molar-refractivity contribution in [1.29, 1.82) is 0 Å². The van der Waals surface area contributed by atoms with Crippen molar-refractivity contribution >= 4 is 11.9 Å². The fraction of sp³-hybridized carbons (Fsp3) is 0.704. The van der Waals surface area contributed by atoms with Gasteiger partial charge < -0.3 is 10.2 Å². The normalized spacial score (nSPS) is 15.1. The summed E-state index contributed by atoms with van der Waals surface area (Å²) in [6.07, 6.45) is 11.7. The Morgan fingerprint density at radius 3 is 1.81 bits per heavy atom. The summed E-state index contributed by atoms with van der Waals surface area (Å²) >= 11 is 0. The minimum Gasteiger partial charge on any atom is -0.481 e. The highest BCUT2D eigenvalue weighted by molar-refractivity contribution is 5.77. The molecule has 0 radical (unpaired) electrons. The van der Waals surface area contributed by atoms with Crippen LogP contribution in [0.5, 0.6) is 0 Å². The van der Waals surface area contributed by atoms with Crippen LogP contribution in [0.3, 0.4) is 0 Å². The topological polar surface area (TPSA) is 74.6 Å². The van der Waals surface area contributed by atoms with Crippen LogP contribution >= 0.6 is 0 Å². The van der Waals surface area contributed by atoms with Gasteiger partial charge in [-0.3, -0.25) is 9.59 Å². The van der Waals surface area contributed by atoms with Gasteiger partial charge in [0.2, 0.25) is 0 Å². The van der Waals surface area contributed by atoms with E-state index in [1.165, 1.54) is 27.8 Å². The van der Waals surface area contributed by atoms with E-state index in [4.69, 9.17) is 0 Å². The van der Waals surface area contributed by atoms with E-state index in [1.54, 1.807) is 13.8 Å². The Labute approximate surface area is 188 Å². The maximum Gasteiger partial charge on any atom is 0.309 e. The maximum absolute atomic E-state index is 11.3. The molecule has 0 aromatic heterocycles. The number of carboxylic acid groups (broad SMARTS) is 2. The van der Waals surface area contributed by atoms with E-state index in [9.17, 15) is 19.8 Å². The van der Waals surface area contributed by atoms with Gasteiger partial charge in [0.25, 0.3) is 0 Å². The van der Waals surface area contributed by atoms with E-state index < -0.39 is 17.4 Å². The molecule has 0 aliphatic heterocycles. The number of hydrogen-bond acceptors (Lipinski definition) is 2. The molecular weight excluding hydrogens is 388 g/mol. The van der Waals surface area contributed by atoms with Gasteiger partial charge in [0.15, 0.2) is 0 Å². The molecule has 0 bridgehead atoms. The van der Waals surface area contributed by atoms with Gasteiger partial charge in [-0.2, -0.15) is 0 Å². The Kier molecular flexibility index (Phi) is 8.73. The number of benzene rings is 1. The van der Waals surface area contributed by atoms with Gasteiger partial charge in [0, 0.05) is 0 Å². The van der Waals surface area contributed by atoms with Crippen LogP contribution in [0.1, 0.15) is 106 Å². The van der Waals surface area contributed by atoms with Gasteiger partial charge >= 0.3 is 11.9 Å².